The van der Waals surface area contributed by atoms with Crippen molar-refractivity contribution in [1.29, 1.82) is 0 Å². The second-order valence-corrected chi connectivity index (χ2v) is 5.14. The molecule has 0 bridgehead atoms. The van der Waals surface area contributed by atoms with Crippen LogP contribution >= 0.6 is 0 Å². The lowest BCUT2D eigenvalue weighted by Gasteiger charge is -2.23. The van der Waals surface area contributed by atoms with Crippen molar-refractivity contribution in [2.45, 2.75) is 32.2 Å². The van der Waals surface area contributed by atoms with Gasteiger partial charge in [0.2, 0.25) is 5.91 Å². The molecule has 0 saturated carbocycles. The smallest absolute Gasteiger partial charge is 0.224 e. The Kier molecular flexibility index (Phi) is 5.83. The molecule has 0 atom stereocenters. The minimum Gasteiger partial charge on any atom is -0.346 e. The molecule has 0 aliphatic carbocycles. The summed E-state index contributed by atoms with van der Waals surface area (Å²) in [5.41, 5.74) is 5.39. The molecule has 0 aromatic heterocycles. The molecule has 0 spiro atoms. The van der Waals surface area contributed by atoms with Gasteiger partial charge in [0, 0.05) is 25.6 Å². The van der Waals surface area contributed by atoms with E-state index in [-0.39, 0.29) is 5.91 Å². The summed E-state index contributed by atoms with van der Waals surface area (Å²) in [6, 6.07) is 0. The van der Waals surface area contributed by atoms with Crippen LogP contribution in [0.2, 0.25) is 0 Å². The second kappa shape index (κ2) is 6.08. The Bertz CT molecular complexity index is 196. The van der Waals surface area contributed by atoms with Crippen molar-refractivity contribution in [1.82, 2.24) is 9.80 Å². The molecule has 0 heterocycles. The van der Waals surface area contributed by atoms with Crippen LogP contribution < -0.4 is 5.73 Å². The van der Waals surface area contributed by atoms with Crippen LogP contribution in [0.3, 0.4) is 0 Å². The summed E-state index contributed by atoms with van der Waals surface area (Å²) in [6.07, 6.45) is 1.41. The van der Waals surface area contributed by atoms with Gasteiger partial charge < -0.3 is 15.5 Å². The van der Waals surface area contributed by atoms with Crippen LogP contribution in [0.5, 0.6) is 0 Å². The first-order valence-electron chi connectivity index (χ1n) is 5.40. The first-order chi connectivity index (χ1) is 6.72. The fraction of sp³-hybridized carbons (Fsp3) is 0.909. The number of nitrogens with two attached hydrogens (primary N) is 1. The normalized spacial score (nSPS) is 11.9. The van der Waals surface area contributed by atoms with Gasteiger partial charge in [0.25, 0.3) is 0 Å². The van der Waals surface area contributed by atoms with Gasteiger partial charge in [-0.25, -0.2) is 0 Å². The number of amides is 1. The zero-order valence-corrected chi connectivity index (χ0v) is 10.7. The summed E-state index contributed by atoms with van der Waals surface area (Å²) in [7, 11) is 5.90. The summed E-state index contributed by atoms with van der Waals surface area (Å²) in [5, 5.41) is 0. The van der Waals surface area contributed by atoms with Crippen molar-refractivity contribution >= 4 is 5.91 Å². The molecule has 4 nitrogen and oxygen atoms in total. The monoisotopic (exact) mass is 215 g/mol. The van der Waals surface area contributed by atoms with Crippen molar-refractivity contribution in [2.75, 3.05) is 34.2 Å². The maximum absolute atomic E-state index is 11.7. The van der Waals surface area contributed by atoms with E-state index >= 15 is 0 Å². The van der Waals surface area contributed by atoms with Crippen molar-refractivity contribution < 1.29 is 4.79 Å². The molecule has 0 saturated heterocycles. The maximum Gasteiger partial charge on any atom is 0.224 e. The SMILES string of the molecule is CN(C)CCCN(C)C(=O)CC(C)(C)N. The van der Waals surface area contributed by atoms with E-state index in [1.165, 1.54) is 0 Å². The molecule has 0 aliphatic heterocycles. The van der Waals surface area contributed by atoms with Gasteiger partial charge in [-0.05, 0) is 40.9 Å². The van der Waals surface area contributed by atoms with Crippen LogP contribution in [-0.2, 0) is 4.79 Å². The fourth-order valence-electron chi connectivity index (χ4n) is 1.27. The third kappa shape index (κ3) is 8.39. The predicted octanol–water partition coefficient (Wildman–Crippen LogP) is 0.524. The molecule has 90 valence electrons. The Labute approximate surface area is 93.4 Å². The molecule has 4 heteroatoms. The van der Waals surface area contributed by atoms with Crippen LogP contribution in [0.4, 0.5) is 0 Å². The number of nitrogens with zero attached hydrogens (tertiary/aromatic N) is 2. The number of hydrogen-bond donors (Lipinski definition) is 1. The molecule has 0 unspecified atom stereocenters. The molecule has 2 N–H and O–H groups in total. The number of hydrogen-bond acceptors (Lipinski definition) is 3. The van der Waals surface area contributed by atoms with E-state index in [2.05, 4.69) is 4.90 Å². The highest BCUT2D eigenvalue weighted by atomic mass is 16.2. The molecular weight excluding hydrogens is 190 g/mol. The lowest BCUT2D eigenvalue weighted by molar-refractivity contribution is -0.130. The Balaban J connectivity index is 3.80. The van der Waals surface area contributed by atoms with E-state index in [4.69, 9.17) is 5.73 Å². The summed E-state index contributed by atoms with van der Waals surface area (Å²) < 4.78 is 0. The summed E-state index contributed by atoms with van der Waals surface area (Å²) >= 11 is 0. The van der Waals surface area contributed by atoms with Crippen LogP contribution in [0.15, 0.2) is 0 Å². The quantitative estimate of drug-likeness (QED) is 0.703. The van der Waals surface area contributed by atoms with Crippen molar-refractivity contribution in [3.63, 3.8) is 0 Å². The van der Waals surface area contributed by atoms with Crippen molar-refractivity contribution in [2.24, 2.45) is 5.73 Å². The molecule has 15 heavy (non-hydrogen) atoms. The second-order valence-electron chi connectivity index (χ2n) is 5.14. The van der Waals surface area contributed by atoms with E-state index < -0.39 is 5.54 Å². The number of carbonyl (C=O) groups is 1. The fourth-order valence-corrected chi connectivity index (χ4v) is 1.27. The standard InChI is InChI=1S/C11H25N3O/c1-11(2,12)9-10(15)14(5)8-6-7-13(3)4/h6-9,12H2,1-5H3. The number of rotatable bonds is 6. The van der Waals surface area contributed by atoms with Gasteiger partial charge in [-0.2, -0.15) is 0 Å². The molecule has 0 aromatic carbocycles. The molecule has 0 rings (SSSR count). The minimum absolute atomic E-state index is 0.126. The van der Waals surface area contributed by atoms with Crippen LogP contribution in [-0.4, -0.2) is 55.5 Å². The Morgan fingerprint density at radius 1 is 1.20 bits per heavy atom. The lowest BCUT2D eigenvalue weighted by Crippen LogP contribution is -2.40. The molecule has 0 radical (unpaired) electrons. The summed E-state index contributed by atoms with van der Waals surface area (Å²) in [5.74, 6) is 0.126. The predicted molar refractivity (Wildman–Crippen MR) is 63.7 cm³/mol. The molecule has 0 aliphatic rings. The number of carbonyl (C=O) groups excluding carboxylic acids is 1. The molecule has 0 aromatic rings. The third-order valence-corrected chi connectivity index (χ3v) is 2.13. The maximum atomic E-state index is 11.7. The van der Waals surface area contributed by atoms with Gasteiger partial charge >= 0.3 is 0 Å². The van der Waals surface area contributed by atoms with Gasteiger partial charge in [-0.15, -0.1) is 0 Å². The highest BCUT2D eigenvalue weighted by Gasteiger charge is 2.18. The Hall–Kier alpha value is -0.610. The largest absolute Gasteiger partial charge is 0.346 e. The van der Waals surface area contributed by atoms with E-state index in [1.54, 1.807) is 4.90 Å². The Morgan fingerprint density at radius 2 is 1.73 bits per heavy atom. The molecular formula is C11H25N3O. The lowest BCUT2D eigenvalue weighted by atomic mass is 10.0. The highest BCUT2D eigenvalue weighted by molar-refractivity contribution is 5.76. The van der Waals surface area contributed by atoms with E-state index in [1.807, 2.05) is 35.0 Å². The minimum atomic E-state index is -0.410. The third-order valence-electron chi connectivity index (χ3n) is 2.13. The van der Waals surface area contributed by atoms with Gasteiger partial charge in [0.1, 0.15) is 0 Å². The van der Waals surface area contributed by atoms with Gasteiger partial charge in [0.15, 0.2) is 0 Å². The van der Waals surface area contributed by atoms with E-state index in [9.17, 15) is 4.79 Å². The van der Waals surface area contributed by atoms with Crippen LogP contribution in [0.1, 0.15) is 26.7 Å². The van der Waals surface area contributed by atoms with Crippen molar-refractivity contribution in [3.05, 3.63) is 0 Å². The zero-order chi connectivity index (χ0) is 12.1. The summed E-state index contributed by atoms with van der Waals surface area (Å²) in [6.45, 7) is 5.55. The van der Waals surface area contributed by atoms with Crippen LogP contribution in [0.25, 0.3) is 0 Å². The first-order valence-corrected chi connectivity index (χ1v) is 5.40. The first kappa shape index (κ1) is 14.4. The summed E-state index contributed by atoms with van der Waals surface area (Å²) in [4.78, 5) is 15.5. The Morgan fingerprint density at radius 3 is 2.13 bits per heavy atom. The van der Waals surface area contributed by atoms with Crippen molar-refractivity contribution in [3.8, 4) is 0 Å². The average Bonchev–Trinajstić information content (AvgIpc) is 1.99. The van der Waals surface area contributed by atoms with Gasteiger partial charge in [0.05, 0.1) is 0 Å². The van der Waals surface area contributed by atoms with E-state index in [0.29, 0.717) is 6.42 Å². The van der Waals surface area contributed by atoms with E-state index in [0.717, 1.165) is 19.5 Å². The molecule has 0 fully saturated rings. The van der Waals surface area contributed by atoms with Crippen LogP contribution in [0, 0.1) is 0 Å². The van der Waals surface area contributed by atoms with Gasteiger partial charge in [-0.3, -0.25) is 4.79 Å². The van der Waals surface area contributed by atoms with Gasteiger partial charge in [-0.1, -0.05) is 0 Å². The average molecular weight is 215 g/mol. The zero-order valence-electron chi connectivity index (χ0n) is 10.7. The molecule has 1 amide bonds. The topological polar surface area (TPSA) is 49.6 Å². The highest BCUT2D eigenvalue weighted by Crippen LogP contribution is 2.06.